The van der Waals surface area contributed by atoms with Crippen molar-refractivity contribution in [2.45, 2.75) is 26.2 Å². The molecule has 0 unspecified atom stereocenters. The van der Waals surface area contributed by atoms with Gasteiger partial charge in [0.2, 0.25) is 0 Å². The molecule has 1 N–H and O–H groups in total. The average molecular weight is 186 g/mol. The molecule has 0 aliphatic heterocycles. The zero-order valence-corrected chi connectivity index (χ0v) is 8.38. The number of hydrogen-bond donors (Lipinski definition) is 1. The van der Waals surface area contributed by atoms with Crippen molar-refractivity contribution < 1.29 is 0 Å². The molecule has 0 saturated heterocycles. The maximum Gasteiger partial charge on any atom is 0.0991 e. The molecule has 2 heteroatoms. The lowest BCUT2D eigenvalue weighted by molar-refractivity contribution is 0.964. The number of hydrogen-bond acceptors (Lipinski definition) is 2. The molecule has 0 heterocycles. The molecule has 14 heavy (non-hydrogen) atoms. The van der Waals surface area contributed by atoms with Gasteiger partial charge >= 0.3 is 0 Å². The zero-order valence-electron chi connectivity index (χ0n) is 8.38. The van der Waals surface area contributed by atoms with E-state index in [-0.39, 0.29) is 0 Å². The maximum absolute atomic E-state index is 8.70. The summed E-state index contributed by atoms with van der Waals surface area (Å²) in [6, 6.07) is 9.57. The van der Waals surface area contributed by atoms with Crippen molar-refractivity contribution >= 4 is 5.71 Å². The molecule has 0 radical (unpaired) electrons. The van der Waals surface area contributed by atoms with Crippen LogP contribution in [0.15, 0.2) is 24.3 Å². The highest BCUT2D eigenvalue weighted by atomic mass is 14.4. The first-order chi connectivity index (χ1) is 6.76. The third kappa shape index (κ3) is 3.02. The molecule has 0 atom stereocenters. The van der Waals surface area contributed by atoms with E-state index in [1.807, 2.05) is 18.2 Å². The van der Waals surface area contributed by atoms with E-state index in [9.17, 15) is 0 Å². The van der Waals surface area contributed by atoms with Gasteiger partial charge in [-0.1, -0.05) is 25.5 Å². The number of nitrogens with zero attached hydrogens (tertiary/aromatic N) is 1. The summed E-state index contributed by atoms with van der Waals surface area (Å²) in [5.41, 5.74) is 2.47. The van der Waals surface area contributed by atoms with Crippen molar-refractivity contribution in [3.63, 3.8) is 0 Å². The van der Waals surface area contributed by atoms with Crippen LogP contribution in [0.2, 0.25) is 0 Å². The molecule has 2 nitrogen and oxygen atoms in total. The minimum absolute atomic E-state index is 0.670. The topological polar surface area (TPSA) is 47.6 Å². The fraction of sp³-hybridized carbons (Fsp3) is 0.333. The summed E-state index contributed by atoms with van der Waals surface area (Å²) >= 11 is 0. The van der Waals surface area contributed by atoms with Gasteiger partial charge in [-0.2, -0.15) is 5.26 Å². The van der Waals surface area contributed by atoms with E-state index in [2.05, 4.69) is 13.0 Å². The van der Waals surface area contributed by atoms with Gasteiger partial charge in [0.25, 0.3) is 0 Å². The van der Waals surface area contributed by atoms with Crippen LogP contribution in [0.1, 0.15) is 30.9 Å². The Morgan fingerprint density at radius 3 is 2.93 bits per heavy atom. The molecule has 72 valence electrons. The second-order valence-electron chi connectivity index (χ2n) is 3.34. The van der Waals surface area contributed by atoms with Crippen molar-refractivity contribution in [2.24, 2.45) is 0 Å². The number of nitrogens with one attached hydrogen (secondary N) is 1. The second-order valence-corrected chi connectivity index (χ2v) is 3.34. The van der Waals surface area contributed by atoms with Crippen molar-refractivity contribution in [3.8, 4) is 6.07 Å². The van der Waals surface area contributed by atoms with Gasteiger partial charge in [-0.25, -0.2) is 0 Å². The summed E-state index contributed by atoms with van der Waals surface area (Å²) in [5, 5.41) is 16.4. The third-order valence-corrected chi connectivity index (χ3v) is 2.03. The Balaban J connectivity index is 2.68. The molecule has 1 rings (SSSR count). The highest BCUT2D eigenvalue weighted by molar-refractivity contribution is 5.83. The molecule has 1 aromatic carbocycles. The fourth-order valence-electron chi connectivity index (χ4n) is 1.39. The minimum Gasteiger partial charge on any atom is -0.309 e. The Bertz CT molecular complexity index is 361. The molecule has 0 aliphatic rings. The standard InChI is InChI=1S/C12H14N2/c1-2-4-12(14)8-10-5-3-6-11(7-10)9-13/h3,5-7,14H,2,4,8H2,1H3. The number of nitriles is 1. The smallest absolute Gasteiger partial charge is 0.0991 e. The summed E-state index contributed by atoms with van der Waals surface area (Å²) in [6.07, 6.45) is 2.52. The summed E-state index contributed by atoms with van der Waals surface area (Å²) in [6.45, 7) is 2.07. The lowest BCUT2D eigenvalue weighted by Crippen LogP contribution is -2.00. The molecule has 0 fully saturated rings. The Labute approximate surface area is 84.7 Å². The van der Waals surface area contributed by atoms with E-state index in [1.165, 1.54) is 0 Å². The van der Waals surface area contributed by atoms with E-state index in [0.29, 0.717) is 12.0 Å². The van der Waals surface area contributed by atoms with E-state index in [0.717, 1.165) is 24.1 Å². The van der Waals surface area contributed by atoms with Gasteiger partial charge in [0.1, 0.15) is 0 Å². The van der Waals surface area contributed by atoms with E-state index in [1.54, 1.807) is 6.07 Å². The highest BCUT2D eigenvalue weighted by Crippen LogP contribution is 2.07. The molecule has 0 aliphatic carbocycles. The van der Waals surface area contributed by atoms with Gasteiger partial charge in [0.15, 0.2) is 0 Å². The van der Waals surface area contributed by atoms with Crippen LogP contribution in [0, 0.1) is 16.7 Å². The summed E-state index contributed by atoms with van der Waals surface area (Å²) < 4.78 is 0. The van der Waals surface area contributed by atoms with Gasteiger partial charge in [0, 0.05) is 12.1 Å². The van der Waals surface area contributed by atoms with Crippen LogP contribution in [-0.2, 0) is 6.42 Å². The highest BCUT2D eigenvalue weighted by Gasteiger charge is 1.99. The first kappa shape index (κ1) is 10.5. The van der Waals surface area contributed by atoms with Gasteiger partial charge in [-0.3, -0.25) is 0 Å². The van der Waals surface area contributed by atoms with Crippen molar-refractivity contribution in [3.05, 3.63) is 35.4 Å². The number of rotatable bonds is 4. The van der Waals surface area contributed by atoms with Crippen LogP contribution < -0.4 is 0 Å². The third-order valence-electron chi connectivity index (χ3n) is 2.03. The van der Waals surface area contributed by atoms with Crippen molar-refractivity contribution in [1.29, 1.82) is 10.7 Å². The SMILES string of the molecule is CCCC(=N)Cc1cccc(C#N)c1. The zero-order chi connectivity index (χ0) is 10.4. The summed E-state index contributed by atoms with van der Waals surface area (Å²) in [4.78, 5) is 0. The van der Waals surface area contributed by atoms with Crippen LogP contribution in [0.3, 0.4) is 0 Å². The lowest BCUT2D eigenvalue weighted by Gasteiger charge is -2.02. The molecular weight excluding hydrogens is 172 g/mol. The average Bonchev–Trinajstić information content (AvgIpc) is 2.18. The minimum atomic E-state index is 0.670. The van der Waals surface area contributed by atoms with Crippen molar-refractivity contribution in [2.75, 3.05) is 0 Å². The van der Waals surface area contributed by atoms with Gasteiger partial charge < -0.3 is 5.41 Å². The van der Waals surface area contributed by atoms with Gasteiger partial charge in [0.05, 0.1) is 11.6 Å². The van der Waals surface area contributed by atoms with Gasteiger partial charge in [-0.05, 0) is 24.1 Å². The Morgan fingerprint density at radius 2 is 2.29 bits per heavy atom. The van der Waals surface area contributed by atoms with Crippen LogP contribution in [0.5, 0.6) is 0 Å². The normalized spacial score (nSPS) is 9.43. The quantitative estimate of drug-likeness (QED) is 0.722. The Hall–Kier alpha value is -1.62. The lowest BCUT2D eigenvalue weighted by atomic mass is 10.0. The largest absolute Gasteiger partial charge is 0.309 e. The van der Waals surface area contributed by atoms with Gasteiger partial charge in [-0.15, -0.1) is 0 Å². The van der Waals surface area contributed by atoms with Crippen LogP contribution in [-0.4, -0.2) is 5.71 Å². The monoisotopic (exact) mass is 186 g/mol. The second kappa shape index (κ2) is 5.18. The molecule has 0 amide bonds. The van der Waals surface area contributed by atoms with Crippen molar-refractivity contribution in [1.82, 2.24) is 0 Å². The van der Waals surface area contributed by atoms with Crippen LogP contribution in [0.4, 0.5) is 0 Å². The Morgan fingerprint density at radius 1 is 1.50 bits per heavy atom. The Kier molecular flexibility index (Phi) is 3.87. The molecule has 0 saturated carbocycles. The van der Waals surface area contributed by atoms with Crippen LogP contribution >= 0.6 is 0 Å². The molecule has 0 bridgehead atoms. The number of benzene rings is 1. The first-order valence-electron chi connectivity index (χ1n) is 4.81. The molecule has 0 aromatic heterocycles. The van der Waals surface area contributed by atoms with E-state index >= 15 is 0 Å². The molecular formula is C12H14N2. The predicted octanol–water partition coefficient (Wildman–Crippen LogP) is 2.92. The maximum atomic E-state index is 8.70. The predicted molar refractivity (Wildman–Crippen MR) is 57.5 cm³/mol. The first-order valence-corrected chi connectivity index (χ1v) is 4.81. The summed E-state index contributed by atoms with van der Waals surface area (Å²) in [7, 11) is 0. The summed E-state index contributed by atoms with van der Waals surface area (Å²) in [5.74, 6) is 0. The van der Waals surface area contributed by atoms with Crippen LogP contribution in [0.25, 0.3) is 0 Å². The molecule has 1 aromatic rings. The molecule has 0 spiro atoms. The van der Waals surface area contributed by atoms with E-state index < -0.39 is 0 Å². The van der Waals surface area contributed by atoms with E-state index in [4.69, 9.17) is 10.7 Å². The fourth-order valence-corrected chi connectivity index (χ4v) is 1.39.